The maximum absolute atomic E-state index is 11.5. The Kier molecular flexibility index (Phi) is 3.73. The molecule has 2 heterocycles. The third kappa shape index (κ3) is 2.95. The van der Waals surface area contributed by atoms with Crippen molar-refractivity contribution >= 4 is 27.7 Å². The Hall–Kier alpha value is -2.15. The van der Waals surface area contributed by atoms with Crippen molar-refractivity contribution < 1.29 is 19.0 Å². The number of nitrogens with zero attached hydrogens (tertiary/aromatic N) is 1. The van der Waals surface area contributed by atoms with Crippen molar-refractivity contribution in [3.05, 3.63) is 52.7 Å². The average Bonchev–Trinajstić information content (AvgIpc) is 2.83. The topological polar surface area (TPSA) is 92.0 Å². The van der Waals surface area contributed by atoms with Crippen LogP contribution >= 0.6 is 15.9 Å². The molecular weight excluding hydrogens is 302 g/mol. The van der Waals surface area contributed by atoms with E-state index < -0.39 is 5.97 Å². The molecule has 0 aliphatic carbocycles. The first kappa shape index (κ1) is 12.3. The number of carbonyl (C=O) groups is 1. The molecule has 0 fully saturated rings. The van der Waals surface area contributed by atoms with Gasteiger partial charge in [0.2, 0.25) is 5.76 Å². The Labute approximate surface area is 111 Å². The Morgan fingerprint density at radius 1 is 1.44 bits per heavy atom. The molecule has 7 heteroatoms. The Morgan fingerprint density at radius 2 is 2.28 bits per heavy atom. The van der Waals surface area contributed by atoms with Gasteiger partial charge in [-0.3, -0.25) is 0 Å². The van der Waals surface area contributed by atoms with Crippen LogP contribution in [0.1, 0.15) is 16.1 Å². The number of nitrogens with two attached hydrogens (primary N) is 1. The standard InChI is InChI=1S/C11H8BrN3O3/c12-9-4-3-8(17-9)11(16)18-15-10(13)7-2-1-5-14-6-7/h1-6H,(H2,13,15)/p+1. The summed E-state index contributed by atoms with van der Waals surface area (Å²) in [6, 6.07) is 6.53. The lowest BCUT2D eigenvalue weighted by atomic mass is 10.3. The fourth-order valence-corrected chi connectivity index (χ4v) is 1.47. The van der Waals surface area contributed by atoms with Crippen LogP contribution < -0.4 is 10.7 Å². The van der Waals surface area contributed by atoms with Gasteiger partial charge in [-0.25, -0.2) is 9.78 Å². The molecule has 6 nitrogen and oxygen atoms in total. The normalized spacial score (nSPS) is 11.3. The van der Waals surface area contributed by atoms with Gasteiger partial charge in [-0.15, -0.1) is 0 Å². The molecule has 2 aromatic heterocycles. The van der Waals surface area contributed by atoms with Crippen molar-refractivity contribution in [2.24, 2.45) is 10.9 Å². The number of oxime groups is 1. The number of nitrogens with one attached hydrogen (secondary N) is 1. The number of hydrogen-bond donors (Lipinski definition) is 1. The highest BCUT2D eigenvalue weighted by molar-refractivity contribution is 9.10. The number of aromatic nitrogens is 1. The van der Waals surface area contributed by atoms with E-state index in [1.807, 2.05) is 0 Å². The second kappa shape index (κ2) is 5.46. The fourth-order valence-electron chi connectivity index (χ4n) is 1.16. The van der Waals surface area contributed by atoms with Crippen LogP contribution in [0.4, 0.5) is 0 Å². The highest BCUT2D eigenvalue weighted by Gasteiger charge is 2.12. The monoisotopic (exact) mass is 310 g/mol. The number of hydrogen-bond acceptors (Lipinski definition) is 4. The molecule has 2 rings (SSSR count). The van der Waals surface area contributed by atoms with E-state index in [9.17, 15) is 4.79 Å². The number of carbonyl (C=O) groups excluding carboxylic acids is 1. The minimum atomic E-state index is -0.719. The molecule has 0 spiro atoms. The van der Waals surface area contributed by atoms with E-state index in [1.54, 1.807) is 30.6 Å². The lowest BCUT2D eigenvalue weighted by Gasteiger charge is -1.97. The summed E-state index contributed by atoms with van der Waals surface area (Å²) in [6.45, 7) is 0. The molecule has 0 amide bonds. The summed E-state index contributed by atoms with van der Waals surface area (Å²) < 4.78 is 5.44. The second-order valence-electron chi connectivity index (χ2n) is 3.25. The predicted octanol–water partition coefficient (Wildman–Crippen LogP) is 1.33. The number of aromatic amines is 1. The first-order valence-corrected chi connectivity index (χ1v) is 5.73. The molecule has 2 aromatic rings. The van der Waals surface area contributed by atoms with Crippen LogP contribution in [0, 0.1) is 0 Å². The van der Waals surface area contributed by atoms with Crippen molar-refractivity contribution in [1.82, 2.24) is 0 Å². The summed E-state index contributed by atoms with van der Waals surface area (Å²) in [5.74, 6) is -0.590. The van der Waals surface area contributed by atoms with E-state index in [2.05, 4.69) is 30.9 Å². The zero-order chi connectivity index (χ0) is 13.0. The van der Waals surface area contributed by atoms with E-state index >= 15 is 0 Å². The summed E-state index contributed by atoms with van der Waals surface area (Å²) in [5, 5.41) is 3.53. The van der Waals surface area contributed by atoms with E-state index in [0.717, 1.165) is 0 Å². The SMILES string of the molecule is NC(=NOC(=O)c1ccc(Br)o1)c1ccc[nH+]c1. The molecule has 0 radical (unpaired) electrons. The zero-order valence-electron chi connectivity index (χ0n) is 9.09. The third-order valence-electron chi connectivity index (χ3n) is 2.00. The zero-order valence-corrected chi connectivity index (χ0v) is 10.7. The van der Waals surface area contributed by atoms with Gasteiger partial charge < -0.3 is 15.0 Å². The Balaban J connectivity index is 2.05. The lowest BCUT2D eigenvalue weighted by molar-refractivity contribution is -0.378. The minimum absolute atomic E-state index is 0.0399. The molecule has 0 aliphatic rings. The summed E-state index contributed by atoms with van der Waals surface area (Å²) >= 11 is 3.08. The van der Waals surface area contributed by atoms with Crippen molar-refractivity contribution in [2.75, 3.05) is 0 Å². The quantitative estimate of drug-likeness (QED) is 0.401. The molecule has 18 heavy (non-hydrogen) atoms. The van der Waals surface area contributed by atoms with Gasteiger partial charge in [0, 0.05) is 6.07 Å². The van der Waals surface area contributed by atoms with Crippen LogP contribution in [-0.4, -0.2) is 11.8 Å². The maximum Gasteiger partial charge on any atom is 0.400 e. The van der Waals surface area contributed by atoms with Gasteiger partial charge in [-0.05, 0) is 34.1 Å². The van der Waals surface area contributed by atoms with Crippen molar-refractivity contribution in [3.63, 3.8) is 0 Å². The van der Waals surface area contributed by atoms with E-state index in [1.165, 1.54) is 6.07 Å². The van der Waals surface area contributed by atoms with Gasteiger partial charge in [-0.1, -0.05) is 5.16 Å². The molecule has 0 atom stereocenters. The van der Waals surface area contributed by atoms with Crippen LogP contribution in [-0.2, 0) is 4.84 Å². The summed E-state index contributed by atoms with van der Waals surface area (Å²) in [7, 11) is 0. The number of rotatable bonds is 3. The van der Waals surface area contributed by atoms with Gasteiger partial charge in [-0.2, -0.15) is 0 Å². The smallest absolute Gasteiger partial charge is 0.400 e. The summed E-state index contributed by atoms with van der Waals surface area (Å²) in [5.41, 5.74) is 6.26. The number of amidine groups is 1. The molecule has 0 bridgehead atoms. The summed E-state index contributed by atoms with van der Waals surface area (Å²) in [6.07, 6.45) is 3.36. The van der Waals surface area contributed by atoms with Gasteiger partial charge in [0.1, 0.15) is 0 Å². The largest absolute Gasteiger partial charge is 0.442 e. The third-order valence-corrected chi connectivity index (χ3v) is 2.43. The molecular formula is C11H9BrN3O3+. The lowest BCUT2D eigenvalue weighted by Crippen LogP contribution is -2.17. The predicted molar refractivity (Wildman–Crippen MR) is 65.5 cm³/mol. The van der Waals surface area contributed by atoms with Crippen molar-refractivity contribution in [2.45, 2.75) is 0 Å². The average molecular weight is 311 g/mol. The molecule has 3 N–H and O–H groups in total. The Bertz CT molecular complexity index is 580. The van der Waals surface area contributed by atoms with Gasteiger partial charge >= 0.3 is 5.97 Å². The number of H-pyrrole nitrogens is 1. The molecule has 92 valence electrons. The van der Waals surface area contributed by atoms with Crippen molar-refractivity contribution in [1.29, 1.82) is 0 Å². The Morgan fingerprint density at radius 3 is 2.89 bits per heavy atom. The fraction of sp³-hybridized carbons (Fsp3) is 0. The van der Waals surface area contributed by atoms with Gasteiger partial charge in [0.25, 0.3) is 0 Å². The van der Waals surface area contributed by atoms with Crippen LogP contribution in [0.2, 0.25) is 0 Å². The van der Waals surface area contributed by atoms with E-state index in [-0.39, 0.29) is 11.6 Å². The molecule has 0 aliphatic heterocycles. The highest BCUT2D eigenvalue weighted by atomic mass is 79.9. The van der Waals surface area contributed by atoms with Crippen molar-refractivity contribution in [3.8, 4) is 0 Å². The van der Waals surface area contributed by atoms with Crippen LogP contribution in [0.3, 0.4) is 0 Å². The minimum Gasteiger partial charge on any atom is -0.442 e. The van der Waals surface area contributed by atoms with Gasteiger partial charge in [0.05, 0.1) is 5.56 Å². The van der Waals surface area contributed by atoms with Crippen LogP contribution in [0.5, 0.6) is 0 Å². The summed E-state index contributed by atoms with van der Waals surface area (Å²) in [4.78, 5) is 19.0. The molecule has 0 saturated heterocycles. The van der Waals surface area contributed by atoms with Gasteiger partial charge in [0.15, 0.2) is 22.9 Å². The first-order valence-electron chi connectivity index (χ1n) is 4.93. The van der Waals surface area contributed by atoms with Crippen LogP contribution in [0.25, 0.3) is 0 Å². The molecule has 0 aromatic carbocycles. The second-order valence-corrected chi connectivity index (χ2v) is 4.03. The number of pyridine rings is 1. The first-order chi connectivity index (χ1) is 8.66. The maximum atomic E-state index is 11.5. The van der Waals surface area contributed by atoms with E-state index in [0.29, 0.717) is 10.2 Å². The highest BCUT2D eigenvalue weighted by Crippen LogP contribution is 2.14. The molecule has 0 saturated carbocycles. The van der Waals surface area contributed by atoms with Crippen LogP contribution in [0.15, 0.2) is 50.9 Å². The molecule has 0 unspecified atom stereocenters. The number of furan rings is 1. The number of halogens is 1. The van der Waals surface area contributed by atoms with E-state index in [4.69, 9.17) is 10.2 Å².